The van der Waals surface area contributed by atoms with Crippen molar-refractivity contribution in [2.45, 2.75) is 13.5 Å². The molecule has 1 aromatic rings. The van der Waals surface area contributed by atoms with Crippen LogP contribution in [-0.2, 0) is 6.54 Å². The number of rotatable bonds is 4. The summed E-state index contributed by atoms with van der Waals surface area (Å²) in [6, 6.07) is 7.61. The van der Waals surface area contributed by atoms with Crippen LogP contribution < -0.4 is 10.6 Å². The molecule has 2 N–H and O–H groups in total. The van der Waals surface area contributed by atoms with Crippen LogP contribution in [0.1, 0.15) is 22.8 Å². The van der Waals surface area contributed by atoms with Crippen molar-refractivity contribution in [2.75, 3.05) is 13.6 Å². The van der Waals surface area contributed by atoms with Crippen molar-refractivity contribution in [3.8, 4) is 0 Å². The zero-order valence-corrected chi connectivity index (χ0v) is 9.86. The number of hydrogen-bond acceptors (Lipinski definition) is 2. The molecule has 0 aliphatic rings. The third kappa shape index (κ3) is 4.32. The predicted octanol–water partition coefficient (Wildman–Crippen LogP) is 1.58. The van der Waals surface area contributed by atoms with Crippen molar-refractivity contribution in [2.24, 2.45) is 0 Å². The normalized spacial score (nSPS) is 9.20. The Bertz CT molecular complexity index is 298. The summed E-state index contributed by atoms with van der Waals surface area (Å²) in [7, 11) is 1.63. The van der Waals surface area contributed by atoms with Crippen LogP contribution in [0.5, 0.6) is 0 Å². The van der Waals surface area contributed by atoms with E-state index < -0.39 is 0 Å². The Labute approximate surface area is 96.7 Å². The molecule has 0 atom stereocenters. The van der Waals surface area contributed by atoms with Crippen LogP contribution in [0.3, 0.4) is 0 Å². The van der Waals surface area contributed by atoms with Crippen LogP contribution >= 0.6 is 12.4 Å². The molecule has 1 rings (SSSR count). The highest BCUT2D eigenvalue weighted by atomic mass is 35.5. The van der Waals surface area contributed by atoms with Gasteiger partial charge in [0.1, 0.15) is 0 Å². The maximum atomic E-state index is 11.2. The SMILES string of the molecule is CCNCc1ccc(C(=O)NC)cc1.Cl. The standard InChI is InChI=1S/C11H16N2O.ClH/c1-3-13-8-9-4-6-10(7-5-9)11(14)12-2;/h4-7,13H,3,8H2,1-2H3,(H,12,14);1H. The Hall–Kier alpha value is -1.06. The molecule has 0 fully saturated rings. The minimum absolute atomic E-state index is 0. The van der Waals surface area contributed by atoms with Gasteiger partial charge in [-0.2, -0.15) is 0 Å². The fraction of sp³-hybridized carbons (Fsp3) is 0.364. The molecule has 4 heteroatoms. The summed E-state index contributed by atoms with van der Waals surface area (Å²) in [4.78, 5) is 11.2. The molecule has 0 aliphatic heterocycles. The van der Waals surface area contributed by atoms with Crippen LogP contribution in [0.25, 0.3) is 0 Å². The van der Waals surface area contributed by atoms with E-state index in [-0.39, 0.29) is 18.3 Å². The first kappa shape index (κ1) is 13.9. The Morgan fingerprint density at radius 2 is 1.87 bits per heavy atom. The average Bonchev–Trinajstić information content (AvgIpc) is 2.26. The van der Waals surface area contributed by atoms with Gasteiger partial charge in [-0.05, 0) is 24.2 Å². The summed E-state index contributed by atoms with van der Waals surface area (Å²) in [5.41, 5.74) is 1.90. The molecule has 0 bridgehead atoms. The first-order valence-corrected chi connectivity index (χ1v) is 4.79. The van der Waals surface area contributed by atoms with Crippen LogP contribution in [-0.4, -0.2) is 19.5 Å². The zero-order chi connectivity index (χ0) is 10.4. The van der Waals surface area contributed by atoms with Gasteiger partial charge in [-0.15, -0.1) is 12.4 Å². The van der Waals surface area contributed by atoms with E-state index in [1.807, 2.05) is 24.3 Å². The topological polar surface area (TPSA) is 41.1 Å². The van der Waals surface area contributed by atoms with Gasteiger partial charge in [-0.3, -0.25) is 4.79 Å². The molecule has 0 radical (unpaired) electrons. The second-order valence-electron chi connectivity index (χ2n) is 3.06. The number of carbonyl (C=O) groups excluding carboxylic acids is 1. The fourth-order valence-electron chi connectivity index (χ4n) is 1.19. The summed E-state index contributed by atoms with van der Waals surface area (Å²) >= 11 is 0. The first-order chi connectivity index (χ1) is 6.77. The van der Waals surface area contributed by atoms with Gasteiger partial charge in [0.05, 0.1) is 0 Å². The Balaban J connectivity index is 0.00000196. The zero-order valence-electron chi connectivity index (χ0n) is 9.04. The highest BCUT2D eigenvalue weighted by Gasteiger charge is 2.01. The van der Waals surface area contributed by atoms with Crippen molar-refractivity contribution in [1.82, 2.24) is 10.6 Å². The fourth-order valence-corrected chi connectivity index (χ4v) is 1.19. The lowest BCUT2D eigenvalue weighted by atomic mass is 10.1. The van der Waals surface area contributed by atoms with Crippen molar-refractivity contribution in [3.05, 3.63) is 35.4 Å². The van der Waals surface area contributed by atoms with E-state index in [1.165, 1.54) is 5.56 Å². The van der Waals surface area contributed by atoms with E-state index in [4.69, 9.17) is 0 Å². The molecule has 0 aliphatic carbocycles. The average molecular weight is 229 g/mol. The number of benzene rings is 1. The lowest BCUT2D eigenvalue weighted by Crippen LogP contribution is -2.18. The largest absolute Gasteiger partial charge is 0.355 e. The second-order valence-corrected chi connectivity index (χ2v) is 3.06. The van der Waals surface area contributed by atoms with E-state index in [0.29, 0.717) is 5.56 Å². The summed E-state index contributed by atoms with van der Waals surface area (Å²) in [5, 5.41) is 5.82. The number of halogens is 1. The summed E-state index contributed by atoms with van der Waals surface area (Å²) in [6.45, 7) is 3.88. The van der Waals surface area contributed by atoms with Crippen LogP contribution in [0.4, 0.5) is 0 Å². The van der Waals surface area contributed by atoms with E-state index in [2.05, 4.69) is 17.6 Å². The molecule has 0 saturated carbocycles. The molecule has 1 aromatic carbocycles. The molecule has 0 spiro atoms. The number of carbonyl (C=O) groups is 1. The second kappa shape index (κ2) is 7.26. The maximum Gasteiger partial charge on any atom is 0.251 e. The highest BCUT2D eigenvalue weighted by Crippen LogP contribution is 2.03. The predicted molar refractivity (Wildman–Crippen MR) is 64.5 cm³/mol. The molecule has 0 aromatic heterocycles. The van der Waals surface area contributed by atoms with Crippen molar-refractivity contribution >= 4 is 18.3 Å². The minimum atomic E-state index is -0.0417. The quantitative estimate of drug-likeness (QED) is 0.822. The summed E-state index contributed by atoms with van der Waals surface area (Å²) in [6.07, 6.45) is 0. The molecule has 0 heterocycles. The van der Waals surface area contributed by atoms with Crippen molar-refractivity contribution < 1.29 is 4.79 Å². The smallest absolute Gasteiger partial charge is 0.251 e. The molecule has 84 valence electrons. The third-order valence-electron chi connectivity index (χ3n) is 2.02. The van der Waals surface area contributed by atoms with Gasteiger partial charge >= 0.3 is 0 Å². The molecular formula is C11H17ClN2O. The first-order valence-electron chi connectivity index (χ1n) is 4.79. The van der Waals surface area contributed by atoms with E-state index in [9.17, 15) is 4.79 Å². The molecule has 0 unspecified atom stereocenters. The summed E-state index contributed by atoms with van der Waals surface area (Å²) in [5.74, 6) is -0.0417. The monoisotopic (exact) mass is 228 g/mol. The minimum Gasteiger partial charge on any atom is -0.355 e. The van der Waals surface area contributed by atoms with Gasteiger partial charge < -0.3 is 10.6 Å². The Kier molecular flexibility index (Phi) is 6.75. The van der Waals surface area contributed by atoms with Gasteiger partial charge in [0, 0.05) is 19.2 Å². The molecule has 1 amide bonds. The Morgan fingerprint density at radius 3 is 2.33 bits per heavy atom. The number of hydrogen-bond donors (Lipinski definition) is 2. The lowest BCUT2D eigenvalue weighted by Gasteiger charge is -2.03. The van der Waals surface area contributed by atoms with Crippen molar-refractivity contribution in [3.63, 3.8) is 0 Å². The van der Waals surface area contributed by atoms with Crippen LogP contribution in [0.15, 0.2) is 24.3 Å². The lowest BCUT2D eigenvalue weighted by molar-refractivity contribution is 0.0963. The van der Waals surface area contributed by atoms with E-state index in [1.54, 1.807) is 7.05 Å². The number of nitrogens with one attached hydrogen (secondary N) is 2. The molecular weight excluding hydrogens is 212 g/mol. The van der Waals surface area contributed by atoms with Crippen LogP contribution in [0, 0.1) is 0 Å². The van der Waals surface area contributed by atoms with Gasteiger partial charge in [0.15, 0.2) is 0 Å². The maximum absolute atomic E-state index is 11.2. The van der Waals surface area contributed by atoms with E-state index >= 15 is 0 Å². The van der Waals surface area contributed by atoms with Gasteiger partial charge in [0.2, 0.25) is 0 Å². The van der Waals surface area contributed by atoms with Crippen LogP contribution in [0.2, 0.25) is 0 Å². The Morgan fingerprint density at radius 1 is 1.27 bits per heavy atom. The number of amides is 1. The van der Waals surface area contributed by atoms with Gasteiger partial charge in [-0.25, -0.2) is 0 Å². The molecule has 3 nitrogen and oxygen atoms in total. The molecule has 0 saturated heterocycles. The van der Waals surface area contributed by atoms with E-state index in [0.717, 1.165) is 13.1 Å². The third-order valence-corrected chi connectivity index (χ3v) is 2.02. The van der Waals surface area contributed by atoms with Gasteiger partial charge in [-0.1, -0.05) is 19.1 Å². The van der Waals surface area contributed by atoms with Gasteiger partial charge in [0.25, 0.3) is 5.91 Å². The highest BCUT2D eigenvalue weighted by molar-refractivity contribution is 5.93. The summed E-state index contributed by atoms with van der Waals surface area (Å²) < 4.78 is 0. The van der Waals surface area contributed by atoms with Crippen molar-refractivity contribution in [1.29, 1.82) is 0 Å². The molecule has 15 heavy (non-hydrogen) atoms.